The predicted octanol–water partition coefficient (Wildman–Crippen LogP) is -0.0100. The maximum absolute atomic E-state index is 0. The minimum absolute atomic E-state index is 0. The van der Waals surface area contributed by atoms with Crippen LogP contribution in [0, 0.1) is 0 Å². The maximum atomic E-state index is 0. The van der Waals surface area contributed by atoms with Gasteiger partial charge in [-0.3, -0.25) is 0 Å². The second-order valence-corrected chi connectivity index (χ2v) is 0. The molecule has 4 heavy (non-hydrogen) atoms. The quantitative estimate of drug-likeness (QED) is 0.547. The fraction of sp³-hybridized carbons (Fsp3) is 0. The molecule has 0 aromatic carbocycles. The van der Waals surface area contributed by atoms with Crippen molar-refractivity contribution in [1.29, 1.82) is 0 Å². The first-order valence-electron chi connectivity index (χ1n) is 0. The summed E-state index contributed by atoms with van der Waals surface area (Å²) in [4.78, 5) is 0. The van der Waals surface area contributed by atoms with Crippen molar-refractivity contribution in [3.8, 4) is 0 Å². The molecular formula is CuFeNiRu. The van der Waals surface area contributed by atoms with Crippen LogP contribution < -0.4 is 0 Å². The Morgan fingerprint density at radius 2 is 1.00 bits per heavy atom. The monoisotopic (exact) mass is 279 g/mol. The molecule has 0 saturated heterocycles. The molecule has 0 spiro atoms. The van der Waals surface area contributed by atoms with E-state index in [9.17, 15) is 0 Å². The van der Waals surface area contributed by atoms with Gasteiger partial charge in [-0.15, -0.1) is 0 Å². The topological polar surface area (TPSA) is 0 Å². The van der Waals surface area contributed by atoms with Gasteiger partial charge >= 0.3 is 0 Å². The van der Waals surface area contributed by atoms with Crippen molar-refractivity contribution in [3.05, 3.63) is 0 Å². The van der Waals surface area contributed by atoms with Crippen LogP contribution in [0.25, 0.3) is 0 Å². The van der Waals surface area contributed by atoms with Crippen molar-refractivity contribution >= 4 is 0 Å². The summed E-state index contributed by atoms with van der Waals surface area (Å²) in [5, 5.41) is 0. The van der Waals surface area contributed by atoms with Gasteiger partial charge < -0.3 is 0 Å². The van der Waals surface area contributed by atoms with Crippen LogP contribution in [0.1, 0.15) is 0 Å². The third-order valence-electron chi connectivity index (χ3n) is 0. The van der Waals surface area contributed by atoms with Gasteiger partial charge in [0.05, 0.1) is 0 Å². The summed E-state index contributed by atoms with van der Waals surface area (Å²) in [5.41, 5.74) is 0. The van der Waals surface area contributed by atoms with Crippen LogP contribution in [0.3, 0.4) is 0 Å². The molecule has 0 N–H and O–H groups in total. The Labute approximate surface area is 69.5 Å². The van der Waals surface area contributed by atoms with Crippen molar-refractivity contribution in [2.24, 2.45) is 0 Å². The van der Waals surface area contributed by atoms with E-state index in [1.807, 2.05) is 0 Å². The molecule has 0 aliphatic heterocycles. The van der Waals surface area contributed by atoms with Gasteiger partial charge in [0.15, 0.2) is 0 Å². The molecule has 1 radical (unpaired) electrons. The van der Waals surface area contributed by atoms with E-state index in [1.54, 1.807) is 0 Å². The van der Waals surface area contributed by atoms with Crippen molar-refractivity contribution < 1.29 is 70.1 Å². The Morgan fingerprint density at radius 3 is 1.00 bits per heavy atom. The molecule has 0 rings (SSSR count). The average molecular weight is 279 g/mol. The average Bonchev–Trinajstić information content (AvgIpc) is 0. The maximum Gasteiger partial charge on any atom is 0 e. The summed E-state index contributed by atoms with van der Waals surface area (Å²) in [7, 11) is 0. The summed E-state index contributed by atoms with van der Waals surface area (Å²) in [6.07, 6.45) is 0. The van der Waals surface area contributed by atoms with Crippen LogP contribution in [-0.4, -0.2) is 0 Å². The molecule has 0 nitrogen and oxygen atoms in total. The first kappa shape index (κ1) is 35.2. The third-order valence-corrected chi connectivity index (χ3v) is 0. The molecule has 0 saturated carbocycles. The molecule has 0 fully saturated rings. The molecule has 0 aliphatic carbocycles. The zero-order valence-corrected chi connectivity index (χ0v) is 6.10. The summed E-state index contributed by atoms with van der Waals surface area (Å²) >= 11 is 0. The first-order chi connectivity index (χ1) is 0. The molecule has 0 unspecified atom stereocenters. The SMILES string of the molecule is [Cu].[Fe].[Ni].[Ru]. The molecule has 0 heterocycles. The second kappa shape index (κ2) is 19.2. The van der Waals surface area contributed by atoms with Gasteiger partial charge in [0, 0.05) is 70.1 Å². The summed E-state index contributed by atoms with van der Waals surface area (Å²) in [6, 6.07) is 0. The Morgan fingerprint density at radius 1 is 1.00 bits per heavy atom. The minimum atomic E-state index is 0. The van der Waals surface area contributed by atoms with E-state index >= 15 is 0 Å². The fourth-order valence-corrected chi connectivity index (χ4v) is 0. The van der Waals surface area contributed by atoms with Gasteiger partial charge in [0.1, 0.15) is 0 Å². The van der Waals surface area contributed by atoms with E-state index in [2.05, 4.69) is 0 Å². The van der Waals surface area contributed by atoms with E-state index in [4.69, 9.17) is 0 Å². The number of rotatable bonds is 0. The van der Waals surface area contributed by atoms with Crippen molar-refractivity contribution in [2.45, 2.75) is 0 Å². The van der Waals surface area contributed by atoms with E-state index < -0.39 is 0 Å². The normalized spacial score (nSPS) is 0. The van der Waals surface area contributed by atoms with Crippen molar-refractivity contribution in [1.82, 2.24) is 0 Å². The largest absolute Gasteiger partial charge is 0 e. The van der Waals surface area contributed by atoms with Gasteiger partial charge in [-0.1, -0.05) is 0 Å². The summed E-state index contributed by atoms with van der Waals surface area (Å²) in [5.74, 6) is 0. The van der Waals surface area contributed by atoms with Gasteiger partial charge in [-0.25, -0.2) is 0 Å². The molecule has 0 aliphatic rings. The van der Waals surface area contributed by atoms with Crippen molar-refractivity contribution in [3.63, 3.8) is 0 Å². The fourth-order valence-electron chi connectivity index (χ4n) is 0. The zero-order chi connectivity index (χ0) is 0. The molecule has 4 heteroatoms. The second-order valence-electron chi connectivity index (χ2n) is 0. The molecule has 0 amide bonds. The van der Waals surface area contributed by atoms with Gasteiger partial charge in [-0.05, 0) is 0 Å². The third kappa shape index (κ3) is 8.91. The van der Waals surface area contributed by atoms with Gasteiger partial charge in [0.25, 0.3) is 0 Å². The molecule has 0 aromatic rings. The van der Waals surface area contributed by atoms with Crippen LogP contribution in [0.4, 0.5) is 0 Å². The van der Waals surface area contributed by atoms with Crippen LogP contribution in [0.15, 0.2) is 0 Å². The number of hydrogen-bond donors (Lipinski definition) is 0. The number of hydrogen-bond acceptors (Lipinski definition) is 0. The first-order valence-corrected chi connectivity index (χ1v) is 0. The van der Waals surface area contributed by atoms with Gasteiger partial charge in [0.2, 0.25) is 0 Å². The Hall–Kier alpha value is 2.16. The van der Waals surface area contributed by atoms with E-state index in [-0.39, 0.29) is 70.1 Å². The molecule has 0 bridgehead atoms. The molecular weight excluding hydrogens is 279 g/mol. The van der Waals surface area contributed by atoms with E-state index in [0.29, 0.717) is 0 Å². The Bertz CT molecular complexity index is 8.00. The molecule has 37 valence electrons. The standard InChI is InChI=1S/Cu.Fe.Ni.Ru. The molecule has 0 atom stereocenters. The minimum Gasteiger partial charge on any atom is 0 e. The van der Waals surface area contributed by atoms with Crippen LogP contribution >= 0.6 is 0 Å². The Balaban J connectivity index is 0. The van der Waals surface area contributed by atoms with Crippen LogP contribution in [0.5, 0.6) is 0 Å². The molecule has 0 aromatic heterocycles. The van der Waals surface area contributed by atoms with E-state index in [1.165, 1.54) is 0 Å². The smallest absolute Gasteiger partial charge is 0 e. The predicted molar refractivity (Wildman–Crippen MR) is 0 cm³/mol. The van der Waals surface area contributed by atoms with Gasteiger partial charge in [-0.2, -0.15) is 0 Å². The van der Waals surface area contributed by atoms with Crippen molar-refractivity contribution in [2.75, 3.05) is 0 Å². The summed E-state index contributed by atoms with van der Waals surface area (Å²) in [6.45, 7) is 0. The van der Waals surface area contributed by atoms with Crippen LogP contribution in [0.2, 0.25) is 0 Å². The summed E-state index contributed by atoms with van der Waals surface area (Å²) < 4.78 is 0. The van der Waals surface area contributed by atoms with Crippen LogP contribution in [-0.2, 0) is 70.1 Å². The zero-order valence-electron chi connectivity index (χ0n) is 1.32. The van der Waals surface area contributed by atoms with E-state index in [0.717, 1.165) is 0 Å². The Kier molecular flexibility index (Phi) is 169.